The van der Waals surface area contributed by atoms with Crippen molar-refractivity contribution < 1.29 is 28.4 Å². The molecule has 3 aromatic carbocycles. The maximum absolute atomic E-state index is 15.4. The number of carbonyl (C=O) groups excluding carboxylic acids is 2. The normalized spacial score (nSPS) is 15.4. The maximum atomic E-state index is 15.4. The van der Waals surface area contributed by atoms with Gasteiger partial charge in [-0.1, -0.05) is 66.7 Å². The number of para-hydroxylation sites is 1. The van der Waals surface area contributed by atoms with Crippen LogP contribution in [0.3, 0.4) is 0 Å². The fraction of sp³-hybridized carbons (Fsp3) is 0.375. The van der Waals surface area contributed by atoms with Gasteiger partial charge in [-0.25, -0.2) is 0 Å². The van der Waals surface area contributed by atoms with E-state index < -0.39 is 7.14 Å². The number of hydrogen-bond donors (Lipinski definition) is 0. The molecule has 0 amide bonds. The summed E-state index contributed by atoms with van der Waals surface area (Å²) in [4.78, 5) is 29.0. The minimum absolute atomic E-state index is 0.0174. The van der Waals surface area contributed by atoms with Crippen LogP contribution < -0.4 is 25.6 Å². The third-order valence-electron chi connectivity index (χ3n) is 7.28. The van der Waals surface area contributed by atoms with Gasteiger partial charge in [0.2, 0.25) is 0 Å². The molecule has 1 aliphatic heterocycles. The summed E-state index contributed by atoms with van der Waals surface area (Å²) in [5, 5.41) is 2.17. The molecule has 1 heterocycles. The Kier molecular flexibility index (Phi) is 10.6. The number of anilines is 1. The molecule has 3 aromatic rings. The Morgan fingerprint density at radius 1 is 0.854 bits per heavy atom. The highest BCUT2D eigenvalue weighted by Gasteiger charge is 2.37. The lowest BCUT2D eigenvalue weighted by atomic mass is 10.0. The molecule has 1 fully saturated rings. The molecule has 1 aliphatic rings. The molecule has 0 radical (unpaired) electrons. The quantitative estimate of drug-likeness (QED) is 0.238. The molecule has 0 spiro atoms. The molecule has 9 heteroatoms. The summed E-state index contributed by atoms with van der Waals surface area (Å²) in [6, 6.07) is 24.7. The number of benzene rings is 3. The fourth-order valence-electron chi connectivity index (χ4n) is 5.47. The van der Waals surface area contributed by atoms with Gasteiger partial charge < -0.3 is 23.7 Å². The van der Waals surface area contributed by atoms with Gasteiger partial charge in [0.05, 0.1) is 39.1 Å². The number of nitrogens with zero attached hydrogens (tertiary/aromatic N) is 2. The number of hydrogen-bond acceptors (Lipinski definition) is 8. The maximum Gasteiger partial charge on any atom is 0.320 e. The number of carbonyl (C=O) groups is 2. The first-order valence-corrected chi connectivity index (χ1v) is 15.8. The summed E-state index contributed by atoms with van der Waals surface area (Å²) < 4.78 is 31.7. The molecule has 0 unspecified atom stereocenters. The number of esters is 2. The van der Waals surface area contributed by atoms with Gasteiger partial charge in [0, 0.05) is 35.0 Å². The highest BCUT2D eigenvalue weighted by atomic mass is 31.2. The van der Waals surface area contributed by atoms with Gasteiger partial charge in [0.1, 0.15) is 5.75 Å². The Bertz CT molecular complexity index is 1290. The van der Waals surface area contributed by atoms with Crippen molar-refractivity contribution in [3.63, 3.8) is 0 Å². The summed E-state index contributed by atoms with van der Waals surface area (Å²) in [7, 11) is -1.69. The summed E-state index contributed by atoms with van der Waals surface area (Å²) in [6.07, 6.45) is 1.60. The van der Waals surface area contributed by atoms with Gasteiger partial charge in [-0.15, -0.1) is 0 Å². The van der Waals surface area contributed by atoms with Crippen molar-refractivity contribution in [1.82, 2.24) is 4.90 Å². The minimum Gasteiger partial charge on any atom is -0.495 e. The largest absolute Gasteiger partial charge is 0.495 e. The molecule has 0 bridgehead atoms. The molecule has 41 heavy (non-hydrogen) atoms. The molecule has 4 rings (SSSR count). The first-order valence-electron chi connectivity index (χ1n) is 14.1. The van der Waals surface area contributed by atoms with Crippen molar-refractivity contribution in [3.8, 4) is 5.75 Å². The Hall–Kier alpha value is -3.61. The Morgan fingerprint density at radius 3 is 1.93 bits per heavy atom. The van der Waals surface area contributed by atoms with E-state index in [0.717, 1.165) is 29.1 Å². The first-order chi connectivity index (χ1) is 19.9. The summed E-state index contributed by atoms with van der Waals surface area (Å²) in [6.45, 7) is 5.24. The van der Waals surface area contributed by atoms with Crippen molar-refractivity contribution in [3.05, 3.63) is 78.9 Å². The van der Waals surface area contributed by atoms with E-state index in [9.17, 15) is 9.59 Å². The van der Waals surface area contributed by atoms with E-state index in [4.69, 9.17) is 14.2 Å². The lowest BCUT2D eigenvalue weighted by Crippen LogP contribution is -2.52. The topological polar surface area (TPSA) is 85.4 Å². The molecule has 0 aromatic heterocycles. The second-order valence-corrected chi connectivity index (χ2v) is 12.6. The van der Waals surface area contributed by atoms with Crippen LogP contribution in [-0.4, -0.2) is 69.4 Å². The van der Waals surface area contributed by atoms with Crippen molar-refractivity contribution in [2.45, 2.75) is 32.7 Å². The molecule has 8 nitrogen and oxygen atoms in total. The van der Waals surface area contributed by atoms with Crippen LogP contribution >= 0.6 is 7.14 Å². The molecular weight excluding hydrogens is 539 g/mol. The lowest BCUT2D eigenvalue weighted by molar-refractivity contribution is -0.149. The number of ether oxygens (including phenoxy) is 3. The Balaban J connectivity index is 1.78. The Morgan fingerprint density at radius 2 is 1.41 bits per heavy atom. The Labute approximate surface area is 242 Å². The minimum atomic E-state index is -3.31. The summed E-state index contributed by atoms with van der Waals surface area (Å²) >= 11 is 0. The fourth-order valence-corrected chi connectivity index (χ4v) is 8.35. The standard InChI is InChI=1S/C32H39N2O6P/c1-4-39-30(35)23-34(24-31(36)40-5-2)25-14-13-21-33(22-25)32-28(38-3)19-12-20-29(32)41(37,26-15-8-6-9-16-26)27-17-10-7-11-18-27/h6-12,15-20,25H,4-5,13-14,21-24H2,1-3H3/t25-/m1/s1. The monoisotopic (exact) mass is 578 g/mol. The number of methoxy groups -OCH3 is 1. The molecule has 0 aliphatic carbocycles. The van der Waals surface area contributed by atoms with E-state index in [1.165, 1.54) is 0 Å². The molecule has 1 saturated heterocycles. The van der Waals surface area contributed by atoms with Crippen molar-refractivity contribution in [2.24, 2.45) is 0 Å². The predicted molar refractivity (Wildman–Crippen MR) is 162 cm³/mol. The highest BCUT2D eigenvalue weighted by molar-refractivity contribution is 7.85. The molecule has 218 valence electrons. The smallest absolute Gasteiger partial charge is 0.320 e. The van der Waals surface area contributed by atoms with Crippen molar-refractivity contribution in [2.75, 3.05) is 51.4 Å². The van der Waals surface area contributed by atoms with Gasteiger partial charge in [0.15, 0.2) is 7.14 Å². The number of rotatable bonds is 12. The zero-order valence-corrected chi connectivity index (χ0v) is 24.9. The van der Waals surface area contributed by atoms with E-state index in [2.05, 4.69) is 4.90 Å². The molecule has 1 atom stereocenters. The van der Waals surface area contributed by atoms with Gasteiger partial charge in [-0.3, -0.25) is 14.5 Å². The van der Waals surface area contributed by atoms with Gasteiger partial charge >= 0.3 is 11.9 Å². The summed E-state index contributed by atoms with van der Waals surface area (Å²) in [5.74, 6) is -0.147. The van der Waals surface area contributed by atoms with E-state index in [1.54, 1.807) is 21.0 Å². The average molecular weight is 579 g/mol. The van der Waals surface area contributed by atoms with Gasteiger partial charge in [-0.05, 0) is 38.8 Å². The van der Waals surface area contributed by atoms with Gasteiger partial charge in [0.25, 0.3) is 0 Å². The van der Waals surface area contributed by atoms with E-state index >= 15 is 4.57 Å². The van der Waals surface area contributed by atoms with Crippen LogP contribution in [0, 0.1) is 0 Å². The SMILES string of the molecule is CCOC(=O)CN(CC(=O)OCC)[C@@H]1CCCN(c2c(OC)cccc2P(=O)(c2ccccc2)c2ccccc2)C1. The zero-order valence-electron chi connectivity index (χ0n) is 24.0. The van der Waals surface area contributed by atoms with E-state index in [0.29, 0.717) is 24.1 Å². The van der Waals surface area contributed by atoms with Gasteiger partial charge in [-0.2, -0.15) is 0 Å². The summed E-state index contributed by atoms with van der Waals surface area (Å²) in [5.41, 5.74) is 0.767. The van der Waals surface area contributed by atoms with Crippen LogP contribution in [0.2, 0.25) is 0 Å². The average Bonchev–Trinajstić information content (AvgIpc) is 3.01. The zero-order chi connectivity index (χ0) is 29.2. The second-order valence-electron chi connectivity index (χ2n) is 9.87. The number of piperidine rings is 1. The molecule has 0 saturated carbocycles. The predicted octanol–water partition coefficient (Wildman–Crippen LogP) is 3.73. The van der Waals surface area contributed by atoms with E-state index in [-0.39, 0.29) is 44.3 Å². The molecule has 0 N–H and O–H groups in total. The second kappa shape index (κ2) is 14.3. The van der Waals surface area contributed by atoms with Crippen LogP contribution in [0.4, 0.5) is 5.69 Å². The van der Waals surface area contributed by atoms with Crippen molar-refractivity contribution in [1.29, 1.82) is 0 Å². The van der Waals surface area contributed by atoms with Crippen LogP contribution in [0.1, 0.15) is 26.7 Å². The van der Waals surface area contributed by atoms with Crippen LogP contribution in [0.15, 0.2) is 78.9 Å². The van der Waals surface area contributed by atoms with E-state index in [1.807, 2.05) is 83.8 Å². The van der Waals surface area contributed by atoms with Crippen LogP contribution in [-0.2, 0) is 23.6 Å². The molecular formula is C32H39N2O6P. The van der Waals surface area contributed by atoms with Crippen LogP contribution in [0.25, 0.3) is 0 Å². The third-order valence-corrected chi connectivity index (χ3v) is 10.4. The van der Waals surface area contributed by atoms with Crippen LogP contribution in [0.5, 0.6) is 5.75 Å². The third kappa shape index (κ3) is 7.00. The lowest BCUT2D eigenvalue weighted by Gasteiger charge is -2.41. The first kappa shape index (κ1) is 30.4. The van der Waals surface area contributed by atoms with Crippen molar-refractivity contribution >= 4 is 40.7 Å². The highest BCUT2D eigenvalue weighted by Crippen LogP contribution is 2.47.